The SMILES string of the molecule is Cc1ccc(-c2cc(-c3ccc(N4C(=O)c5cccc([N+](=O)[O-])c5C4=O)cc3)nc(-c3ccc(N4C(=O)c5cccc([N+](=O)[O-])c5C4=O)cc3)c2)cc1. The molecule has 0 radical (unpaired) electrons. The molecule has 3 heterocycles. The third-order valence-electron chi connectivity index (χ3n) is 9.23. The van der Waals surface area contributed by atoms with Crippen LogP contribution in [0, 0.1) is 27.2 Å². The molecule has 0 fully saturated rings. The lowest BCUT2D eigenvalue weighted by Gasteiger charge is -2.16. The molecular formula is C40H23N5O8. The van der Waals surface area contributed by atoms with Gasteiger partial charge < -0.3 is 0 Å². The van der Waals surface area contributed by atoms with Gasteiger partial charge in [-0.2, -0.15) is 0 Å². The Labute approximate surface area is 299 Å². The summed E-state index contributed by atoms with van der Waals surface area (Å²) in [6.45, 7) is 1.98. The number of rotatable bonds is 7. The predicted molar refractivity (Wildman–Crippen MR) is 194 cm³/mol. The number of nitro groups is 2. The van der Waals surface area contributed by atoms with Gasteiger partial charge in [-0.3, -0.25) is 39.4 Å². The number of aromatic nitrogens is 1. The van der Waals surface area contributed by atoms with Crippen molar-refractivity contribution in [2.45, 2.75) is 6.92 Å². The number of nitrogens with zero attached hydrogens (tertiary/aromatic N) is 5. The van der Waals surface area contributed by atoms with E-state index in [0.717, 1.165) is 26.5 Å². The van der Waals surface area contributed by atoms with Crippen molar-refractivity contribution >= 4 is 46.4 Å². The average Bonchev–Trinajstić information content (AvgIpc) is 3.58. The van der Waals surface area contributed by atoms with Crippen molar-refractivity contribution in [3.05, 3.63) is 169 Å². The molecule has 0 atom stereocenters. The Hall–Kier alpha value is -7.67. The van der Waals surface area contributed by atoms with Gasteiger partial charge in [-0.15, -0.1) is 0 Å². The quantitative estimate of drug-likeness (QED) is 0.0913. The zero-order valence-corrected chi connectivity index (χ0v) is 27.5. The van der Waals surface area contributed by atoms with Crippen LogP contribution in [0.1, 0.15) is 47.0 Å². The fraction of sp³-hybridized carbons (Fsp3) is 0.0250. The lowest BCUT2D eigenvalue weighted by Crippen LogP contribution is -2.29. The maximum absolute atomic E-state index is 13.3. The van der Waals surface area contributed by atoms with E-state index >= 15 is 0 Å². The molecule has 256 valence electrons. The largest absolute Gasteiger partial charge is 0.283 e. The second-order valence-corrected chi connectivity index (χ2v) is 12.4. The topological polar surface area (TPSA) is 174 Å². The second-order valence-electron chi connectivity index (χ2n) is 12.4. The number of hydrogen-bond donors (Lipinski definition) is 0. The molecule has 4 amide bonds. The summed E-state index contributed by atoms with van der Waals surface area (Å²) in [6.07, 6.45) is 0. The van der Waals surface area contributed by atoms with Crippen molar-refractivity contribution in [3.8, 4) is 33.6 Å². The molecule has 0 bridgehead atoms. The zero-order chi connectivity index (χ0) is 37.1. The van der Waals surface area contributed by atoms with E-state index < -0.39 is 44.9 Å². The molecule has 0 spiro atoms. The summed E-state index contributed by atoms with van der Waals surface area (Å²) in [4.78, 5) is 81.5. The number of pyridine rings is 1. The van der Waals surface area contributed by atoms with E-state index in [9.17, 15) is 39.4 Å². The number of imide groups is 2. The van der Waals surface area contributed by atoms with Gasteiger partial charge in [0, 0.05) is 23.3 Å². The van der Waals surface area contributed by atoms with E-state index in [1.54, 1.807) is 48.5 Å². The Kier molecular flexibility index (Phi) is 7.54. The van der Waals surface area contributed by atoms with Gasteiger partial charge in [0.15, 0.2) is 0 Å². The third kappa shape index (κ3) is 5.31. The van der Waals surface area contributed by atoms with E-state index in [4.69, 9.17) is 4.98 Å². The summed E-state index contributed by atoms with van der Waals surface area (Å²) in [7, 11) is 0. The van der Waals surface area contributed by atoms with E-state index in [0.29, 0.717) is 22.5 Å². The molecular weight excluding hydrogens is 678 g/mol. The Bertz CT molecular complexity index is 2450. The lowest BCUT2D eigenvalue weighted by atomic mass is 9.99. The Morgan fingerprint density at radius 1 is 0.491 bits per heavy atom. The number of benzene rings is 5. The number of fused-ring (bicyclic) bond motifs is 2. The molecule has 13 heteroatoms. The lowest BCUT2D eigenvalue weighted by molar-refractivity contribution is -0.385. The van der Waals surface area contributed by atoms with Crippen molar-refractivity contribution in [3.63, 3.8) is 0 Å². The highest BCUT2D eigenvalue weighted by Gasteiger charge is 2.43. The molecule has 2 aliphatic heterocycles. The molecule has 0 N–H and O–H groups in total. The molecule has 53 heavy (non-hydrogen) atoms. The van der Waals surface area contributed by atoms with Gasteiger partial charge in [0.1, 0.15) is 11.1 Å². The fourth-order valence-corrected chi connectivity index (χ4v) is 6.61. The minimum atomic E-state index is -0.783. The van der Waals surface area contributed by atoms with E-state index in [1.807, 2.05) is 43.3 Å². The van der Waals surface area contributed by atoms with Crippen LogP contribution in [0.15, 0.2) is 121 Å². The van der Waals surface area contributed by atoms with Gasteiger partial charge in [-0.1, -0.05) is 66.2 Å². The molecule has 6 aromatic rings. The van der Waals surface area contributed by atoms with Gasteiger partial charge >= 0.3 is 0 Å². The van der Waals surface area contributed by atoms with Crippen LogP contribution in [0.3, 0.4) is 0 Å². The van der Waals surface area contributed by atoms with Crippen molar-refractivity contribution in [1.82, 2.24) is 4.98 Å². The third-order valence-corrected chi connectivity index (χ3v) is 9.23. The van der Waals surface area contributed by atoms with E-state index in [-0.39, 0.29) is 33.6 Å². The average molecular weight is 702 g/mol. The van der Waals surface area contributed by atoms with E-state index in [2.05, 4.69) is 0 Å². The first-order valence-electron chi connectivity index (χ1n) is 16.1. The summed E-state index contributed by atoms with van der Waals surface area (Å²) >= 11 is 0. The number of aryl methyl sites for hydroxylation is 1. The normalized spacial score (nSPS) is 13.4. The van der Waals surface area contributed by atoms with Gasteiger partial charge in [-0.25, -0.2) is 14.8 Å². The van der Waals surface area contributed by atoms with E-state index in [1.165, 1.54) is 36.4 Å². The van der Waals surface area contributed by atoms with Crippen LogP contribution in [-0.4, -0.2) is 38.5 Å². The standard InChI is InChI=1S/C40H23N5O8/c1-22-8-10-23(11-9-22)26-20-31(24-12-16-27(17-13-24)42-37(46)29-4-2-6-33(44(50)51)35(29)39(42)48)41-32(21-26)25-14-18-28(19-15-25)43-38(47)30-5-3-7-34(45(52)53)36(30)40(43)49/h2-21H,1H3. The molecule has 0 saturated heterocycles. The molecule has 0 saturated carbocycles. The van der Waals surface area contributed by atoms with Crippen molar-refractivity contribution in [2.24, 2.45) is 0 Å². The Morgan fingerprint density at radius 3 is 1.28 bits per heavy atom. The van der Waals surface area contributed by atoms with Crippen LogP contribution in [0.4, 0.5) is 22.7 Å². The summed E-state index contributed by atoms with van der Waals surface area (Å²) in [5, 5.41) is 23.2. The molecule has 8 rings (SSSR count). The number of carbonyl (C=O) groups is 4. The van der Waals surface area contributed by atoms with Crippen LogP contribution >= 0.6 is 0 Å². The summed E-state index contributed by atoms with van der Waals surface area (Å²) in [5.74, 6) is -2.89. The second kappa shape index (κ2) is 12.3. The molecule has 1 aromatic heterocycles. The first-order chi connectivity index (χ1) is 25.5. The van der Waals surface area contributed by atoms with Gasteiger partial charge in [0.05, 0.1) is 43.7 Å². The minimum absolute atomic E-state index is 0.0410. The number of hydrogen-bond acceptors (Lipinski definition) is 9. The Morgan fingerprint density at radius 2 is 0.887 bits per heavy atom. The number of anilines is 2. The number of nitro benzene ring substituents is 2. The summed E-state index contributed by atoms with van der Waals surface area (Å²) in [5.41, 5.74) is 4.23. The maximum Gasteiger partial charge on any atom is 0.283 e. The van der Waals surface area contributed by atoms with Crippen LogP contribution in [0.5, 0.6) is 0 Å². The van der Waals surface area contributed by atoms with Crippen molar-refractivity contribution in [2.75, 3.05) is 9.80 Å². The van der Waals surface area contributed by atoms with Crippen molar-refractivity contribution in [1.29, 1.82) is 0 Å². The van der Waals surface area contributed by atoms with Crippen LogP contribution in [0.2, 0.25) is 0 Å². The molecule has 2 aliphatic rings. The predicted octanol–water partition coefficient (Wildman–Crippen LogP) is 7.81. The van der Waals surface area contributed by atoms with Gasteiger partial charge in [-0.05, 0) is 66.6 Å². The van der Waals surface area contributed by atoms with Gasteiger partial charge in [0.25, 0.3) is 35.0 Å². The summed E-state index contributed by atoms with van der Waals surface area (Å²) in [6, 6.07) is 32.7. The highest BCUT2D eigenvalue weighted by Crippen LogP contribution is 2.38. The number of carbonyl (C=O) groups excluding carboxylic acids is 4. The summed E-state index contributed by atoms with van der Waals surface area (Å²) < 4.78 is 0. The van der Waals surface area contributed by atoms with Crippen LogP contribution < -0.4 is 9.80 Å². The molecule has 5 aromatic carbocycles. The van der Waals surface area contributed by atoms with Crippen molar-refractivity contribution < 1.29 is 29.0 Å². The smallest absolute Gasteiger partial charge is 0.268 e. The van der Waals surface area contributed by atoms with Crippen LogP contribution in [-0.2, 0) is 0 Å². The maximum atomic E-state index is 13.3. The fourth-order valence-electron chi connectivity index (χ4n) is 6.61. The first-order valence-corrected chi connectivity index (χ1v) is 16.1. The number of amides is 4. The molecule has 0 unspecified atom stereocenters. The molecule has 13 nitrogen and oxygen atoms in total. The Balaban J connectivity index is 1.14. The minimum Gasteiger partial charge on any atom is -0.268 e. The zero-order valence-electron chi connectivity index (χ0n) is 27.5. The first kappa shape index (κ1) is 32.5. The van der Waals surface area contributed by atoms with Gasteiger partial charge in [0.2, 0.25) is 0 Å². The highest BCUT2D eigenvalue weighted by molar-refractivity contribution is 6.36. The highest BCUT2D eigenvalue weighted by atomic mass is 16.6. The van der Waals surface area contributed by atoms with Crippen LogP contribution in [0.25, 0.3) is 33.6 Å². The molecule has 0 aliphatic carbocycles. The monoisotopic (exact) mass is 701 g/mol.